The SMILES string of the molecule is C[C@H]1[C@@H](NC(=O)CSc2ccc3c(c2)OCCO3)CCC[C@@H]1C. The number of nitrogens with one attached hydrogen (secondary N) is 1. The first-order valence-corrected chi connectivity index (χ1v) is 9.44. The molecule has 1 heterocycles. The van der Waals surface area contributed by atoms with E-state index in [0.29, 0.717) is 36.8 Å². The normalized spacial score (nSPS) is 26.6. The monoisotopic (exact) mass is 335 g/mol. The molecule has 1 aromatic rings. The molecular weight excluding hydrogens is 310 g/mol. The molecule has 1 aliphatic carbocycles. The summed E-state index contributed by atoms with van der Waals surface area (Å²) in [6, 6.07) is 6.18. The van der Waals surface area contributed by atoms with Crippen molar-refractivity contribution in [1.82, 2.24) is 5.32 Å². The number of hydrogen-bond donors (Lipinski definition) is 1. The van der Waals surface area contributed by atoms with Gasteiger partial charge >= 0.3 is 0 Å². The first kappa shape index (κ1) is 16.5. The molecule has 1 amide bonds. The molecule has 0 radical (unpaired) electrons. The second kappa shape index (κ2) is 7.47. The Morgan fingerprint density at radius 3 is 2.83 bits per heavy atom. The lowest BCUT2D eigenvalue weighted by atomic mass is 9.78. The molecule has 0 bridgehead atoms. The molecule has 0 aromatic heterocycles. The van der Waals surface area contributed by atoms with Gasteiger partial charge in [0, 0.05) is 10.9 Å². The minimum atomic E-state index is 0.121. The van der Waals surface area contributed by atoms with E-state index < -0.39 is 0 Å². The van der Waals surface area contributed by atoms with E-state index in [1.165, 1.54) is 12.8 Å². The molecule has 4 nitrogen and oxygen atoms in total. The van der Waals surface area contributed by atoms with Crippen LogP contribution in [-0.2, 0) is 4.79 Å². The number of carbonyl (C=O) groups excluding carboxylic acids is 1. The molecule has 23 heavy (non-hydrogen) atoms. The van der Waals surface area contributed by atoms with E-state index >= 15 is 0 Å². The number of thioether (sulfide) groups is 1. The summed E-state index contributed by atoms with van der Waals surface area (Å²) in [6.07, 6.45) is 3.59. The average Bonchev–Trinajstić information content (AvgIpc) is 2.57. The Morgan fingerprint density at radius 1 is 1.22 bits per heavy atom. The van der Waals surface area contributed by atoms with Crippen molar-refractivity contribution in [2.75, 3.05) is 19.0 Å². The Balaban J connectivity index is 1.51. The third-order valence-electron chi connectivity index (χ3n) is 4.94. The smallest absolute Gasteiger partial charge is 0.230 e. The van der Waals surface area contributed by atoms with Gasteiger partial charge in [0.05, 0.1) is 5.75 Å². The van der Waals surface area contributed by atoms with Gasteiger partial charge in [-0.2, -0.15) is 0 Å². The van der Waals surface area contributed by atoms with Gasteiger partial charge < -0.3 is 14.8 Å². The van der Waals surface area contributed by atoms with Crippen LogP contribution in [0.1, 0.15) is 33.1 Å². The maximum Gasteiger partial charge on any atom is 0.230 e. The van der Waals surface area contributed by atoms with Crippen LogP contribution in [-0.4, -0.2) is 30.9 Å². The van der Waals surface area contributed by atoms with Crippen LogP contribution in [0, 0.1) is 11.8 Å². The molecule has 1 aromatic carbocycles. The van der Waals surface area contributed by atoms with Crippen LogP contribution in [0.3, 0.4) is 0 Å². The van der Waals surface area contributed by atoms with Gasteiger partial charge in [-0.05, 0) is 36.5 Å². The number of carbonyl (C=O) groups is 1. The standard InChI is InChI=1S/C18H25NO3S/c1-12-4-3-5-15(13(12)2)19-18(20)11-23-14-6-7-16-17(10-14)22-9-8-21-16/h6-7,10,12-13,15H,3-5,8-9,11H2,1-2H3,(H,19,20)/t12-,13+,15-/m0/s1. The van der Waals surface area contributed by atoms with Crippen molar-refractivity contribution in [3.8, 4) is 11.5 Å². The highest BCUT2D eigenvalue weighted by Crippen LogP contribution is 2.34. The van der Waals surface area contributed by atoms with Gasteiger partial charge in [0.2, 0.25) is 5.91 Å². The number of benzene rings is 1. The molecule has 0 spiro atoms. The van der Waals surface area contributed by atoms with E-state index in [1.54, 1.807) is 11.8 Å². The molecule has 1 N–H and O–H groups in total. The number of amides is 1. The highest BCUT2D eigenvalue weighted by Gasteiger charge is 2.28. The zero-order valence-electron chi connectivity index (χ0n) is 13.8. The Kier molecular flexibility index (Phi) is 5.36. The zero-order chi connectivity index (χ0) is 16.2. The highest BCUT2D eigenvalue weighted by molar-refractivity contribution is 8.00. The summed E-state index contributed by atoms with van der Waals surface area (Å²) >= 11 is 1.54. The van der Waals surface area contributed by atoms with Gasteiger partial charge in [-0.15, -0.1) is 11.8 Å². The molecule has 126 valence electrons. The molecule has 2 aliphatic rings. The van der Waals surface area contributed by atoms with Crippen molar-refractivity contribution in [2.45, 2.75) is 44.0 Å². The topological polar surface area (TPSA) is 47.6 Å². The van der Waals surface area contributed by atoms with Crippen LogP contribution in [0.4, 0.5) is 0 Å². The first-order chi connectivity index (χ1) is 11.1. The van der Waals surface area contributed by atoms with E-state index in [4.69, 9.17) is 9.47 Å². The molecule has 1 aliphatic heterocycles. The van der Waals surface area contributed by atoms with Crippen molar-refractivity contribution in [3.63, 3.8) is 0 Å². The molecule has 3 atom stereocenters. The maximum absolute atomic E-state index is 12.2. The third kappa shape index (κ3) is 4.14. The van der Waals surface area contributed by atoms with Gasteiger partial charge in [0.1, 0.15) is 13.2 Å². The minimum absolute atomic E-state index is 0.121. The van der Waals surface area contributed by atoms with E-state index in [9.17, 15) is 4.79 Å². The van der Waals surface area contributed by atoms with Crippen LogP contribution in [0.25, 0.3) is 0 Å². The van der Waals surface area contributed by atoms with Crippen molar-refractivity contribution >= 4 is 17.7 Å². The number of fused-ring (bicyclic) bond motifs is 1. The number of ether oxygens (including phenoxy) is 2. The van der Waals surface area contributed by atoms with Crippen molar-refractivity contribution in [3.05, 3.63) is 18.2 Å². The maximum atomic E-state index is 12.2. The zero-order valence-corrected chi connectivity index (χ0v) is 14.7. The fourth-order valence-corrected chi connectivity index (χ4v) is 4.03. The summed E-state index contributed by atoms with van der Waals surface area (Å²) in [4.78, 5) is 13.3. The lowest BCUT2D eigenvalue weighted by molar-refractivity contribution is -0.119. The van der Waals surface area contributed by atoms with Crippen molar-refractivity contribution in [1.29, 1.82) is 0 Å². The minimum Gasteiger partial charge on any atom is -0.486 e. The van der Waals surface area contributed by atoms with Crippen molar-refractivity contribution in [2.24, 2.45) is 11.8 Å². The van der Waals surface area contributed by atoms with E-state index in [2.05, 4.69) is 19.2 Å². The Hall–Kier alpha value is -1.36. The average molecular weight is 335 g/mol. The lowest BCUT2D eigenvalue weighted by Crippen LogP contribution is -2.44. The highest BCUT2D eigenvalue weighted by atomic mass is 32.2. The van der Waals surface area contributed by atoms with Crippen LogP contribution in [0.2, 0.25) is 0 Å². The molecule has 3 rings (SSSR count). The van der Waals surface area contributed by atoms with E-state index in [0.717, 1.165) is 22.8 Å². The predicted molar refractivity (Wildman–Crippen MR) is 92.3 cm³/mol. The van der Waals surface area contributed by atoms with Gasteiger partial charge in [0.15, 0.2) is 11.5 Å². The Bertz CT molecular complexity index is 563. The summed E-state index contributed by atoms with van der Waals surface area (Å²) < 4.78 is 11.1. The Labute approximate surface area is 142 Å². The number of rotatable bonds is 4. The van der Waals surface area contributed by atoms with E-state index in [1.807, 2.05) is 18.2 Å². The summed E-state index contributed by atoms with van der Waals surface area (Å²) in [5.41, 5.74) is 0. The predicted octanol–water partition coefficient (Wildman–Crippen LogP) is 3.49. The third-order valence-corrected chi connectivity index (χ3v) is 5.93. The van der Waals surface area contributed by atoms with Crippen LogP contribution in [0.15, 0.2) is 23.1 Å². The molecular formula is C18H25NO3S. The van der Waals surface area contributed by atoms with Crippen LogP contribution in [0.5, 0.6) is 11.5 Å². The van der Waals surface area contributed by atoms with Gasteiger partial charge in [-0.3, -0.25) is 4.79 Å². The molecule has 0 unspecified atom stereocenters. The molecule has 0 saturated heterocycles. The summed E-state index contributed by atoms with van der Waals surface area (Å²) in [7, 11) is 0. The van der Waals surface area contributed by atoms with Gasteiger partial charge in [-0.1, -0.05) is 26.7 Å². The van der Waals surface area contributed by atoms with Crippen LogP contribution < -0.4 is 14.8 Å². The van der Waals surface area contributed by atoms with E-state index in [-0.39, 0.29) is 5.91 Å². The number of hydrogen-bond acceptors (Lipinski definition) is 4. The largest absolute Gasteiger partial charge is 0.486 e. The second-order valence-corrected chi connectivity index (χ2v) is 7.58. The van der Waals surface area contributed by atoms with Gasteiger partial charge in [-0.25, -0.2) is 0 Å². The fourth-order valence-electron chi connectivity index (χ4n) is 3.30. The molecule has 1 saturated carbocycles. The quantitative estimate of drug-likeness (QED) is 0.856. The molecule has 5 heteroatoms. The lowest BCUT2D eigenvalue weighted by Gasteiger charge is -2.34. The van der Waals surface area contributed by atoms with Gasteiger partial charge in [0.25, 0.3) is 0 Å². The fraction of sp³-hybridized carbons (Fsp3) is 0.611. The summed E-state index contributed by atoms with van der Waals surface area (Å²) in [6.45, 7) is 5.72. The van der Waals surface area contributed by atoms with Crippen LogP contribution >= 0.6 is 11.8 Å². The molecule has 1 fully saturated rings. The first-order valence-electron chi connectivity index (χ1n) is 8.45. The Morgan fingerprint density at radius 2 is 2.00 bits per heavy atom. The van der Waals surface area contributed by atoms with Crippen molar-refractivity contribution < 1.29 is 14.3 Å². The second-order valence-electron chi connectivity index (χ2n) is 6.54. The summed E-state index contributed by atoms with van der Waals surface area (Å²) in [5, 5.41) is 3.22. The summed E-state index contributed by atoms with van der Waals surface area (Å²) in [5.74, 6) is 3.38.